The summed E-state index contributed by atoms with van der Waals surface area (Å²) in [6.07, 6.45) is 0.204. The van der Waals surface area contributed by atoms with Crippen molar-refractivity contribution in [2.24, 2.45) is 0 Å². The van der Waals surface area contributed by atoms with Crippen molar-refractivity contribution in [3.05, 3.63) is 41.3 Å². The van der Waals surface area contributed by atoms with Crippen LogP contribution in [0.3, 0.4) is 0 Å². The molecule has 2 heterocycles. The molecule has 1 aromatic carbocycles. The average Bonchev–Trinajstić information content (AvgIpc) is 2.47. The summed E-state index contributed by atoms with van der Waals surface area (Å²) >= 11 is 0. The molecule has 6 heteroatoms. The summed E-state index contributed by atoms with van der Waals surface area (Å²) in [5.41, 5.74) is 1.62. The third kappa shape index (κ3) is 2.69. The predicted octanol–water partition coefficient (Wildman–Crippen LogP) is 1.46. The van der Waals surface area contributed by atoms with Gasteiger partial charge in [0, 0.05) is 5.69 Å². The van der Waals surface area contributed by atoms with Crippen molar-refractivity contribution in [2.75, 3.05) is 18.5 Å². The van der Waals surface area contributed by atoms with Crippen LogP contribution in [-0.2, 0) is 19.1 Å². The molecule has 0 saturated carbocycles. The molecule has 2 aliphatic heterocycles. The van der Waals surface area contributed by atoms with Crippen LogP contribution < -0.4 is 10.6 Å². The first-order chi connectivity index (χ1) is 10.1. The van der Waals surface area contributed by atoms with Gasteiger partial charge in [0.25, 0.3) is 5.91 Å². The van der Waals surface area contributed by atoms with Gasteiger partial charge in [-0.15, -0.1) is 0 Å². The number of amides is 2. The summed E-state index contributed by atoms with van der Waals surface area (Å²) in [5.74, 6) is 0.171. The van der Waals surface area contributed by atoms with Crippen LogP contribution >= 0.6 is 0 Å². The summed E-state index contributed by atoms with van der Waals surface area (Å²) < 4.78 is 10.7. The topological polar surface area (TPSA) is 76.7 Å². The van der Waals surface area contributed by atoms with Crippen LogP contribution in [-0.4, -0.2) is 25.0 Å². The second-order valence-electron chi connectivity index (χ2n) is 4.95. The Bertz CT molecular complexity index is 624. The molecule has 0 aliphatic carbocycles. The standard InChI is InChI=1S/C15H16N2O4/c1-9-14(21-7-6-20-9)15(19)17-12-8-13(18)16-11-5-3-2-4-10(11)12/h2-5,12H,6-8H2,1H3,(H,16,18)(H,17,19). The number of rotatable bonds is 2. The molecule has 3 rings (SSSR count). The van der Waals surface area contributed by atoms with E-state index in [1.54, 1.807) is 6.92 Å². The summed E-state index contributed by atoms with van der Waals surface area (Å²) in [4.78, 5) is 24.0. The van der Waals surface area contributed by atoms with Crippen LogP contribution in [0.1, 0.15) is 24.9 Å². The maximum absolute atomic E-state index is 12.3. The van der Waals surface area contributed by atoms with Gasteiger partial charge in [-0.2, -0.15) is 0 Å². The van der Waals surface area contributed by atoms with E-state index in [0.717, 1.165) is 11.3 Å². The lowest BCUT2D eigenvalue weighted by atomic mass is 9.97. The molecule has 0 spiro atoms. The fraction of sp³-hybridized carbons (Fsp3) is 0.333. The smallest absolute Gasteiger partial charge is 0.290 e. The van der Waals surface area contributed by atoms with E-state index in [2.05, 4.69) is 10.6 Å². The Morgan fingerprint density at radius 3 is 2.86 bits per heavy atom. The van der Waals surface area contributed by atoms with Crippen LogP contribution in [0.5, 0.6) is 0 Å². The molecule has 21 heavy (non-hydrogen) atoms. The van der Waals surface area contributed by atoms with E-state index in [1.807, 2.05) is 24.3 Å². The molecule has 0 radical (unpaired) electrons. The zero-order chi connectivity index (χ0) is 14.8. The third-order valence-electron chi connectivity index (χ3n) is 3.48. The number of carbonyl (C=O) groups is 2. The van der Waals surface area contributed by atoms with E-state index >= 15 is 0 Å². The summed E-state index contributed by atoms with van der Waals surface area (Å²) in [6, 6.07) is 7.05. The Labute approximate surface area is 122 Å². The summed E-state index contributed by atoms with van der Waals surface area (Å²) in [5, 5.41) is 5.64. The highest BCUT2D eigenvalue weighted by Gasteiger charge is 2.29. The number of anilines is 1. The molecule has 0 fully saturated rings. The average molecular weight is 288 g/mol. The molecule has 110 valence electrons. The molecular formula is C15H16N2O4. The van der Waals surface area contributed by atoms with Crippen molar-refractivity contribution in [3.63, 3.8) is 0 Å². The molecule has 2 aliphatic rings. The Balaban J connectivity index is 1.82. The molecule has 0 bridgehead atoms. The van der Waals surface area contributed by atoms with Gasteiger partial charge in [0.05, 0.1) is 12.5 Å². The quantitative estimate of drug-likeness (QED) is 0.864. The van der Waals surface area contributed by atoms with Gasteiger partial charge >= 0.3 is 0 Å². The van der Waals surface area contributed by atoms with Gasteiger partial charge in [0.2, 0.25) is 11.7 Å². The zero-order valence-corrected chi connectivity index (χ0v) is 11.6. The maximum atomic E-state index is 12.3. The van der Waals surface area contributed by atoms with Crippen LogP contribution in [0.15, 0.2) is 35.8 Å². The van der Waals surface area contributed by atoms with Crippen molar-refractivity contribution in [2.45, 2.75) is 19.4 Å². The second-order valence-corrected chi connectivity index (χ2v) is 4.95. The monoisotopic (exact) mass is 288 g/mol. The van der Waals surface area contributed by atoms with Gasteiger partial charge in [0.1, 0.15) is 19.0 Å². The molecule has 1 aromatic rings. The number of ether oxygens (including phenoxy) is 2. The number of para-hydroxylation sites is 1. The minimum Gasteiger partial charge on any atom is -0.491 e. The van der Waals surface area contributed by atoms with E-state index in [4.69, 9.17) is 9.47 Å². The minimum atomic E-state index is -0.367. The van der Waals surface area contributed by atoms with E-state index in [0.29, 0.717) is 19.0 Å². The van der Waals surface area contributed by atoms with Gasteiger partial charge in [-0.05, 0) is 18.6 Å². The van der Waals surface area contributed by atoms with E-state index in [1.165, 1.54) is 0 Å². The molecule has 6 nitrogen and oxygen atoms in total. The van der Waals surface area contributed by atoms with Gasteiger partial charge in [-0.1, -0.05) is 18.2 Å². The van der Waals surface area contributed by atoms with Gasteiger partial charge < -0.3 is 20.1 Å². The largest absolute Gasteiger partial charge is 0.491 e. The Kier molecular flexibility index (Phi) is 3.51. The first kappa shape index (κ1) is 13.5. The zero-order valence-electron chi connectivity index (χ0n) is 11.6. The van der Waals surface area contributed by atoms with Crippen LogP contribution in [0.4, 0.5) is 5.69 Å². The van der Waals surface area contributed by atoms with E-state index in [-0.39, 0.29) is 30.0 Å². The first-order valence-electron chi connectivity index (χ1n) is 6.81. The SMILES string of the molecule is CC1=C(C(=O)NC2CC(=O)Nc3ccccc32)OCCO1. The van der Waals surface area contributed by atoms with Crippen molar-refractivity contribution in [1.29, 1.82) is 0 Å². The number of hydrogen-bond acceptors (Lipinski definition) is 4. The highest BCUT2D eigenvalue weighted by molar-refractivity contribution is 5.97. The Morgan fingerprint density at radius 1 is 1.29 bits per heavy atom. The van der Waals surface area contributed by atoms with Crippen LogP contribution in [0.2, 0.25) is 0 Å². The molecule has 1 unspecified atom stereocenters. The van der Waals surface area contributed by atoms with Crippen molar-refractivity contribution >= 4 is 17.5 Å². The first-order valence-corrected chi connectivity index (χ1v) is 6.81. The molecule has 0 aromatic heterocycles. The number of nitrogens with one attached hydrogen (secondary N) is 2. The number of carbonyl (C=O) groups excluding carboxylic acids is 2. The number of fused-ring (bicyclic) bond motifs is 1. The Morgan fingerprint density at radius 2 is 2.05 bits per heavy atom. The van der Waals surface area contributed by atoms with E-state index in [9.17, 15) is 9.59 Å². The lowest BCUT2D eigenvalue weighted by molar-refractivity contribution is -0.124. The minimum absolute atomic E-state index is 0.120. The highest BCUT2D eigenvalue weighted by atomic mass is 16.6. The molecule has 0 saturated heterocycles. The van der Waals surface area contributed by atoms with Crippen molar-refractivity contribution < 1.29 is 19.1 Å². The summed E-state index contributed by atoms with van der Waals surface area (Å²) in [6.45, 7) is 2.48. The lowest BCUT2D eigenvalue weighted by Crippen LogP contribution is -2.37. The van der Waals surface area contributed by atoms with Gasteiger partial charge in [-0.25, -0.2) is 0 Å². The van der Waals surface area contributed by atoms with Crippen molar-refractivity contribution in [1.82, 2.24) is 5.32 Å². The normalized spacial score (nSPS) is 20.8. The lowest BCUT2D eigenvalue weighted by Gasteiger charge is -2.27. The molecular weight excluding hydrogens is 272 g/mol. The Hall–Kier alpha value is -2.50. The maximum Gasteiger partial charge on any atom is 0.290 e. The number of allylic oxidation sites excluding steroid dienone is 1. The molecule has 2 N–H and O–H groups in total. The number of hydrogen-bond donors (Lipinski definition) is 2. The van der Waals surface area contributed by atoms with Gasteiger partial charge in [0.15, 0.2) is 0 Å². The highest BCUT2D eigenvalue weighted by Crippen LogP contribution is 2.30. The summed E-state index contributed by atoms with van der Waals surface area (Å²) in [7, 11) is 0. The van der Waals surface area contributed by atoms with Gasteiger partial charge in [-0.3, -0.25) is 9.59 Å². The van der Waals surface area contributed by atoms with E-state index < -0.39 is 0 Å². The van der Waals surface area contributed by atoms with Crippen molar-refractivity contribution in [3.8, 4) is 0 Å². The molecule has 1 atom stereocenters. The third-order valence-corrected chi connectivity index (χ3v) is 3.48. The fourth-order valence-electron chi connectivity index (χ4n) is 2.49. The van der Waals surface area contributed by atoms with Crippen LogP contribution in [0.25, 0.3) is 0 Å². The predicted molar refractivity (Wildman–Crippen MR) is 75.2 cm³/mol. The van der Waals surface area contributed by atoms with Crippen LogP contribution in [0, 0.1) is 0 Å². The molecule has 2 amide bonds. The number of benzene rings is 1. The second kappa shape index (κ2) is 5.47. The fourth-order valence-corrected chi connectivity index (χ4v) is 2.49.